The van der Waals surface area contributed by atoms with Crippen LogP contribution >= 0.6 is 0 Å². The van der Waals surface area contributed by atoms with Crippen molar-refractivity contribution in [3.63, 3.8) is 0 Å². The summed E-state index contributed by atoms with van der Waals surface area (Å²) >= 11 is 0. The second-order valence-electron chi connectivity index (χ2n) is 4.62. The summed E-state index contributed by atoms with van der Waals surface area (Å²) in [6.07, 6.45) is 7.34. The Hall–Kier alpha value is -1.20. The predicted molar refractivity (Wildman–Crippen MR) is 66.4 cm³/mol. The molecule has 0 spiro atoms. The molecule has 0 aromatic carbocycles. The van der Waals surface area contributed by atoms with Gasteiger partial charge >= 0.3 is 0 Å². The van der Waals surface area contributed by atoms with Crippen LogP contribution < -0.4 is 5.73 Å². The molecule has 1 aromatic heterocycles. The van der Waals surface area contributed by atoms with Crippen molar-refractivity contribution in [2.45, 2.75) is 31.9 Å². The average molecular weight is 236 g/mol. The van der Waals surface area contributed by atoms with Crippen LogP contribution in [0.4, 0.5) is 5.82 Å². The summed E-state index contributed by atoms with van der Waals surface area (Å²) in [5, 5.41) is 0. The maximum atomic E-state index is 5.71. The highest BCUT2D eigenvalue weighted by atomic mass is 16.5. The first-order valence-corrected chi connectivity index (χ1v) is 6.10. The predicted octanol–water partition coefficient (Wildman–Crippen LogP) is 1.06. The first-order valence-electron chi connectivity index (χ1n) is 6.10. The van der Waals surface area contributed by atoms with Crippen molar-refractivity contribution in [3.05, 3.63) is 18.1 Å². The lowest BCUT2D eigenvalue weighted by Gasteiger charge is -2.27. The molecule has 0 saturated carbocycles. The fourth-order valence-electron chi connectivity index (χ4n) is 2.09. The van der Waals surface area contributed by atoms with Gasteiger partial charge in [-0.1, -0.05) is 0 Å². The molecule has 1 aromatic rings. The van der Waals surface area contributed by atoms with Crippen LogP contribution in [-0.2, 0) is 11.3 Å². The van der Waals surface area contributed by atoms with E-state index >= 15 is 0 Å². The van der Waals surface area contributed by atoms with Gasteiger partial charge in [-0.25, -0.2) is 4.98 Å². The topological polar surface area (TPSA) is 64.3 Å². The van der Waals surface area contributed by atoms with E-state index in [-0.39, 0.29) is 0 Å². The van der Waals surface area contributed by atoms with Crippen LogP contribution in [0, 0.1) is 0 Å². The molecule has 17 heavy (non-hydrogen) atoms. The molecular weight excluding hydrogens is 216 g/mol. The fraction of sp³-hybridized carbons (Fsp3) is 0.667. The molecule has 1 fully saturated rings. The van der Waals surface area contributed by atoms with Crippen LogP contribution in [0.3, 0.4) is 0 Å². The normalized spacial score (nSPS) is 20.7. The number of anilines is 1. The minimum atomic E-state index is 0.371. The van der Waals surface area contributed by atoms with Gasteiger partial charge in [0.15, 0.2) is 0 Å². The molecule has 1 aliphatic rings. The minimum Gasteiger partial charge on any atom is -0.382 e. The Morgan fingerprint density at radius 1 is 1.41 bits per heavy atom. The molecule has 5 heteroatoms. The Kier molecular flexibility index (Phi) is 4.28. The van der Waals surface area contributed by atoms with E-state index in [2.05, 4.69) is 21.9 Å². The maximum Gasteiger partial charge on any atom is 0.141 e. The summed E-state index contributed by atoms with van der Waals surface area (Å²) in [5.74, 6) is 0.465. The van der Waals surface area contributed by atoms with Crippen LogP contribution in [0.2, 0.25) is 0 Å². The van der Waals surface area contributed by atoms with Crippen LogP contribution in [0.25, 0.3) is 0 Å². The molecule has 0 amide bonds. The van der Waals surface area contributed by atoms with E-state index in [0.29, 0.717) is 11.9 Å². The van der Waals surface area contributed by atoms with Gasteiger partial charge in [-0.05, 0) is 26.3 Å². The van der Waals surface area contributed by atoms with Crippen molar-refractivity contribution < 1.29 is 4.74 Å². The number of hydrogen-bond acceptors (Lipinski definition) is 5. The summed E-state index contributed by atoms with van der Waals surface area (Å²) in [7, 11) is 2.08. The lowest BCUT2D eigenvalue weighted by Crippen LogP contribution is -2.33. The molecule has 0 radical (unpaired) electrons. The number of ether oxygens (including phenoxy) is 1. The lowest BCUT2D eigenvalue weighted by atomic mass is 10.1. The molecule has 1 aliphatic heterocycles. The third-order valence-corrected chi connectivity index (χ3v) is 2.95. The highest BCUT2D eigenvalue weighted by Gasteiger charge is 2.16. The summed E-state index contributed by atoms with van der Waals surface area (Å²) in [6, 6.07) is 0. The molecule has 2 N–H and O–H groups in total. The number of nitrogens with two attached hydrogens (primary N) is 1. The molecule has 94 valence electrons. The van der Waals surface area contributed by atoms with Crippen LogP contribution in [-0.4, -0.2) is 41.2 Å². The summed E-state index contributed by atoms with van der Waals surface area (Å²) in [4.78, 5) is 10.5. The van der Waals surface area contributed by atoms with Gasteiger partial charge in [-0.2, -0.15) is 0 Å². The average Bonchev–Trinajstić information content (AvgIpc) is 2.33. The molecule has 1 unspecified atom stereocenters. The molecule has 2 rings (SSSR count). The van der Waals surface area contributed by atoms with Gasteiger partial charge in [-0.3, -0.25) is 9.88 Å². The van der Waals surface area contributed by atoms with Crippen LogP contribution in [0.5, 0.6) is 0 Å². The van der Waals surface area contributed by atoms with Crippen LogP contribution in [0.1, 0.15) is 25.0 Å². The molecular formula is C12H20N4O. The highest BCUT2D eigenvalue weighted by Crippen LogP contribution is 2.14. The summed E-state index contributed by atoms with van der Waals surface area (Å²) < 4.78 is 5.71. The zero-order chi connectivity index (χ0) is 12.1. The van der Waals surface area contributed by atoms with E-state index in [1.807, 2.05) is 0 Å². The number of nitrogen functional groups attached to an aromatic ring is 1. The molecule has 5 nitrogen and oxygen atoms in total. The van der Waals surface area contributed by atoms with Gasteiger partial charge in [0.2, 0.25) is 0 Å². The smallest absolute Gasteiger partial charge is 0.141 e. The monoisotopic (exact) mass is 236 g/mol. The van der Waals surface area contributed by atoms with Gasteiger partial charge in [-0.15, -0.1) is 0 Å². The SMILES string of the molecule is CN(Cc1cnc(N)cn1)CC1CCCCO1. The second-order valence-corrected chi connectivity index (χ2v) is 4.62. The number of nitrogens with zero attached hydrogens (tertiary/aromatic N) is 3. The molecule has 0 aliphatic carbocycles. The van der Waals surface area contributed by atoms with Gasteiger partial charge in [0.25, 0.3) is 0 Å². The molecule has 0 bridgehead atoms. The van der Waals surface area contributed by atoms with E-state index in [4.69, 9.17) is 10.5 Å². The van der Waals surface area contributed by atoms with Crippen molar-refractivity contribution in [3.8, 4) is 0 Å². The second kappa shape index (κ2) is 5.93. The van der Waals surface area contributed by atoms with Crippen molar-refractivity contribution in [2.75, 3.05) is 25.9 Å². The Labute approximate surface area is 102 Å². The van der Waals surface area contributed by atoms with E-state index in [1.165, 1.54) is 12.8 Å². The lowest BCUT2D eigenvalue weighted by molar-refractivity contribution is -0.00275. The highest BCUT2D eigenvalue weighted by molar-refractivity contribution is 5.22. The Morgan fingerprint density at radius 2 is 2.29 bits per heavy atom. The van der Waals surface area contributed by atoms with Crippen molar-refractivity contribution >= 4 is 5.82 Å². The first-order chi connectivity index (χ1) is 8.24. The fourth-order valence-corrected chi connectivity index (χ4v) is 2.09. The van der Waals surface area contributed by atoms with Crippen molar-refractivity contribution in [1.29, 1.82) is 0 Å². The third-order valence-electron chi connectivity index (χ3n) is 2.95. The summed E-state index contributed by atoms with van der Waals surface area (Å²) in [6.45, 7) is 2.64. The largest absolute Gasteiger partial charge is 0.382 e. The van der Waals surface area contributed by atoms with Gasteiger partial charge < -0.3 is 10.5 Å². The number of rotatable bonds is 4. The zero-order valence-corrected chi connectivity index (χ0v) is 10.3. The van der Waals surface area contributed by atoms with Gasteiger partial charge in [0, 0.05) is 19.7 Å². The maximum absolute atomic E-state index is 5.71. The van der Waals surface area contributed by atoms with E-state index in [1.54, 1.807) is 12.4 Å². The Bertz CT molecular complexity index is 335. The quantitative estimate of drug-likeness (QED) is 0.847. The van der Waals surface area contributed by atoms with Gasteiger partial charge in [0.05, 0.1) is 24.2 Å². The number of aromatic nitrogens is 2. The van der Waals surface area contributed by atoms with E-state index in [0.717, 1.165) is 31.8 Å². The molecule has 1 saturated heterocycles. The molecule has 2 heterocycles. The van der Waals surface area contributed by atoms with Crippen molar-refractivity contribution in [2.24, 2.45) is 0 Å². The molecule has 1 atom stereocenters. The first kappa shape index (κ1) is 12.3. The minimum absolute atomic E-state index is 0.371. The Morgan fingerprint density at radius 3 is 2.94 bits per heavy atom. The summed E-state index contributed by atoms with van der Waals surface area (Å²) in [5.41, 5.74) is 6.44. The zero-order valence-electron chi connectivity index (χ0n) is 10.3. The number of likely N-dealkylation sites (N-methyl/N-ethyl adjacent to an activating group) is 1. The standard InChI is InChI=1S/C12H20N4O/c1-16(9-11-4-2-3-5-17-11)8-10-6-15-12(13)7-14-10/h6-7,11H,2-5,8-9H2,1H3,(H2,13,15). The van der Waals surface area contributed by atoms with E-state index in [9.17, 15) is 0 Å². The number of hydrogen-bond donors (Lipinski definition) is 1. The third kappa shape index (κ3) is 3.94. The Balaban J connectivity index is 1.79. The van der Waals surface area contributed by atoms with Gasteiger partial charge in [0.1, 0.15) is 5.82 Å². The van der Waals surface area contributed by atoms with Crippen LogP contribution in [0.15, 0.2) is 12.4 Å². The van der Waals surface area contributed by atoms with E-state index < -0.39 is 0 Å². The van der Waals surface area contributed by atoms with Crippen molar-refractivity contribution in [1.82, 2.24) is 14.9 Å².